The zero-order valence-electron chi connectivity index (χ0n) is 20.9. The van der Waals surface area contributed by atoms with Gasteiger partial charge in [-0.25, -0.2) is 9.59 Å². The number of nitrogens with two attached hydrogens (primary N) is 1. The molecular formula is C23H27BrN4O8S2. The molecule has 4 aliphatic heterocycles. The minimum absolute atomic E-state index is 0.0124. The van der Waals surface area contributed by atoms with Gasteiger partial charge in [0.05, 0.1) is 4.92 Å². The van der Waals surface area contributed by atoms with Gasteiger partial charge in [0.1, 0.15) is 40.3 Å². The molecule has 0 spiro atoms. The Bertz CT molecular complexity index is 1200. The first-order valence-electron chi connectivity index (χ1n) is 11.6. The number of hydrogen-bond acceptors (Lipinski definition) is 10. The summed E-state index contributed by atoms with van der Waals surface area (Å²) in [5.41, 5.74) is 6.22. The van der Waals surface area contributed by atoms with Crippen molar-refractivity contribution in [2.24, 2.45) is 5.73 Å². The highest BCUT2D eigenvalue weighted by Gasteiger charge is 2.64. The van der Waals surface area contributed by atoms with Crippen molar-refractivity contribution < 1.29 is 33.9 Å². The fourth-order valence-corrected chi connectivity index (χ4v) is 8.86. The van der Waals surface area contributed by atoms with E-state index in [1.807, 2.05) is 27.7 Å². The van der Waals surface area contributed by atoms with Crippen LogP contribution in [0.25, 0.3) is 0 Å². The molecule has 38 heavy (non-hydrogen) atoms. The standard InChI is InChI=1S/C15H15BrN2O5S.C8H12N2O3S/c1-15(2)11(17-12(19)10(16)13(17)24-15)14(20)23-7-8-3-5-9(6-4-8)18(21)22;1-8(2)4(7(12)13)10-5(11)3(9)6(10)14-8/h3-6,10-11,13H,7H2,1-2H3;3-4,6H,9H2,1-2H3,(H,12,13)/t10-,11+,13-;3-,4+,6-/m11/s1. The first-order chi connectivity index (χ1) is 17.6. The largest absolute Gasteiger partial charge is 0.480 e. The van der Waals surface area contributed by atoms with E-state index in [9.17, 15) is 29.3 Å². The number of aliphatic carboxylic acids is 1. The van der Waals surface area contributed by atoms with Gasteiger partial charge < -0.3 is 25.4 Å². The number of nitro groups is 1. The third kappa shape index (κ3) is 4.77. The first-order valence-corrected chi connectivity index (χ1v) is 14.3. The Balaban J connectivity index is 0.000000204. The number of carboxylic acid groups (broad SMARTS) is 1. The SMILES string of the molecule is CC1(C)S[C@@H]2[C@H](Br)C(=O)N2[C@H]1C(=O)OCc1ccc([N+](=O)[O-])cc1.CC1(C)S[C@@H]2[C@H](N)C(=O)N2[C@H]1C(=O)O. The molecule has 6 atom stereocenters. The van der Waals surface area contributed by atoms with Crippen LogP contribution in [0.15, 0.2) is 24.3 Å². The monoisotopic (exact) mass is 630 g/mol. The van der Waals surface area contributed by atoms with Crippen molar-refractivity contribution in [1.82, 2.24) is 9.80 Å². The van der Waals surface area contributed by atoms with E-state index in [-0.39, 0.29) is 39.7 Å². The minimum Gasteiger partial charge on any atom is -0.480 e. The first kappa shape index (κ1) is 28.6. The number of β-lactam (4-membered cyclic amide) rings is 2. The zero-order valence-corrected chi connectivity index (χ0v) is 24.1. The van der Waals surface area contributed by atoms with Crippen LogP contribution >= 0.6 is 39.5 Å². The number of thioether (sulfide) groups is 2. The molecule has 2 amide bonds. The maximum atomic E-state index is 12.5. The number of rotatable bonds is 5. The number of fused-ring (bicyclic) bond motifs is 2. The number of carbonyl (C=O) groups excluding carboxylic acids is 3. The molecule has 4 aliphatic rings. The molecule has 4 fully saturated rings. The molecule has 4 saturated heterocycles. The maximum Gasteiger partial charge on any atom is 0.330 e. The summed E-state index contributed by atoms with van der Waals surface area (Å²) in [6.07, 6.45) is 0. The molecule has 0 aromatic heterocycles. The summed E-state index contributed by atoms with van der Waals surface area (Å²) in [5.74, 6) is -1.76. The van der Waals surface area contributed by atoms with E-state index in [0.29, 0.717) is 5.56 Å². The number of benzene rings is 1. The molecule has 0 aliphatic carbocycles. The number of non-ortho nitro benzene ring substituents is 1. The summed E-state index contributed by atoms with van der Waals surface area (Å²) in [4.78, 5) is 59.7. The summed E-state index contributed by atoms with van der Waals surface area (Å²) in [7, 11) is 0. The van der Waals surface area contributed by atoms with E-state index < -0.39 is 44.5 Å². The van der Waals surface area contributed by atoms with Crippen molar-refractivity contribution in [3.8, 4) is 0 Å². The third-order valence-electron chi connectivity index (χ3n) is 6.84. The van der Waals surface area contributed by atoms with E-state index >= 15 is 0 Å². The lowest BCUT2D eigenvalue weighted by Gasteiger charge is -2.41. The van der Waals surface area contributed by atoms with Gasteiger partial charge >= 0.3 is 11.9 Å². The van der Waals surface area contributed by atoms with E-state index in [1.165, 1.54) is 28.8 Å². The predicted molar refractivity (Wildman–Crippen MR) is 143 cm³/mol. The van der Waals surface area contributed by atoms with Crippen LogP contribution < -0.4 is 5.73 Å². The van der Waals surface area contributed by atoms with Gasteiger partial charge in [0.2, 0.25) is 11.8 Å². The number of esters is 1. The summed E-state index contributed by atoms with van der Waals surface area (Å²) >= 11 is 6.38. The lowest BCUT2D eigenvalue weighted by Crippen LogP contribution is -2.68. The highest BCUT2D eigenvalue weighted by molar-refractivity contribution is 9.10. The molecule has 206 valence electrons. The molecule has 0 radical (unpaired) electrons. The van der Waals surface area contributed by atoms with Crippen molar-refractivity contribution in [2.75, 3.05) is 0 Å². The molecule has 12 nitrogen and oxygen atoms in total. The Morgan fingerprint density at radius 1 is 1.05 bits per heavy atom. The number of carboxylic acids is 1. The Morgan fingerprint density at radius 2 is 1.58 bits per heavy atom. The van der Waals surface area contributed by atoms with Crippen molar-refractivity contribution in [1.29, 1.82) is 0 Å². The Morgan fingerprint density at radius 3 is 2.13 bits per heavy atom. The van der Waals surface area contributed by atoms with Crippen molar-refractivity contribution >= 4 is 68.9 Å². The second-order valence-corrected chi connectivity index (χ2v) is 14.8. The number of ether oxygens (including phenoxy) is 1. The van der Waals surface area contributed by atoms with E-state index in [1.54, 1.807) is 28.8 Å². The quantitative estimate of drug-likeness (QED) is 0.160. The Hall–Kier alpha value is -2.36. The number of alkyl halides is 1. The second kappa shape index (κ2) is 9.99. The number of nitrogens with zero attached hydrogens (tertiary/aromatic N) is 3. The zero-order chi connectivity index (χ0) is 28.3. The van der Waals surface area contributed by atoms with Crippen molar-refractivity contribution in [2.45, 2.75) is 77.5 Å². The van der Waals surface area contributed by atoms with Crippen LogP contribution in [0.3, 0.4) is 0 Å². The number of nitro benzene ring substituents is 1. The highest BCUT2D eigenvalue weighted by Crippen LogP contribution is 2.53. The lowest BCUT2D eigenvalue weighted by atomic mass is 9.96. The number of hydrogen-bond donors (Lipinski definition) is 2. The number of amides is 2. The van der Waals surface area contributed by atoms with Crippen LogP contribution in [0, 0.1) is 10.1 Å². The molecule has 1 aromatic rings. The fraction of sp³-hybridized carbons (Fsp3) is 0.565. The average molecular weight is 632 g/mol. The summed E-state index contributed by atoms with van der Waals surface area (Å²) < 4.78 is 4.46. The highest BCUT2D eigenvalue weighted by atomic mass is 79.9. The van der Waals surface area contributed by atoms with Crippen LogP contribution in [0.4, 0.5) is 5.69 Å². The Kier molecular flexibility index (Phi) is 7.53. The van der Waals surface area contributed by atoms with Gasteiger partial charge in [-0.3, -0.25) is 19.7 Å². The van der Waals surface area contributed by atoms with Crippen LogP contribution in [-0.4, -0.2) is 86.8 Å². The van der Waals surface area contributed by atoms with E-state index in [4.69, 9.17) is 15.6 Å². The lowest BCUT2D eigenvalue weighted by molar-refractivity contribution is -0.384. The van der Waals surface area contributed by atoms with E-state index in [2.05, 4.69) is 15.9 Å². The van der Waals surface area contributed by atoms with Crippen LogP contribution in [0.1, 0.15) is 33.3 Å². The second-order valence-electron chi connectivity index (χ2n) is 10.3. The van der Waals surface area contributed by atoms with Gasteiger partial charge in [-0.1, -0.05) is 15.9 Å². The minimum atomic E-state index is -0.953. The maximum absolute atomic E-state index is 12.5. The van der Waals surface area contributed by atoms with Gasteiger partial charge in [-0.15, -0.1) is 23.5 Å². The van der Waals surface area contributed by atoms with Crippen LogP contribution in [-0.2, 0) is 30.5 Å². The van der Waals surface area contributed by atoms with Crippen molar-refractivity contribution in [3.63, 3.8) is 0 Å². The number of carbonyl (C=O) groups is 4. The van der Waals surface area contributed by atoms with Crippen molar-refractivity contribution in [3.05, 3.63) is 39.9 Å². The number of halogens is 1. The molecule has 4 heterocycles. The predicted octanol–water partition coefficient (Wildman–Crippen LogP) is 1.92. The average Bonchev–Trinajstić information content (AvgIpc) is 3.28. The Labute approximate surface area is 235 Å². The van der Waals surface area contributed by atoms with E-state index in [0.717, 1.165) is 0 Å². The molecule has 15 heteroatoms. The molecular weight excluding hydrogens is 604 g/mol. The summed E-state index contributed by atoms with van der Waals surface area (Å²) in [6, 6.07) is 3.92. The normalized spacial score (nSPS) is 31.7. The molecule has 0 bridgehead atoms. The molecule has 3 N–H and O–H groups in total. The van der Waals surface area contributed by atoms with Gasteiger partial charge in [-0.2, -0.15) is 0 Å². The molecule has 5 rings (SSSR count). The van der Waals surface area contributed by atoms with Gasteiger partial charge in [0.25, 0.3) is 5.69 Å². The van der Waals surface area contributed by atoms with Crippen LogP contribution in [0.2, 0.25) is 0 Å². The summed E-state index contributed by atoms with van der Waals surface area (Å²) in [6.45, 7) is 7.50. The molecule has 0 unspecified atom stereocenters. The smallest absolute Gasteiger partial charge is 0.330 e. The van der Waals surface area contributed by atoms with Gasteiger partial charge in [0, 0.05) is 21.6 Å². The van der Waals surface area contributed by atoms with Gasteiger partial charge in [0.15, 0.2) is 0 Å². The topological polar surface area (TPSA) is 173 Å². The summed E-state index contributed by atoms with van der Waals surface area (Å²) in [5, 5.41) is 19.5. The van der Waals surface area contributed by atoms with Gasteiger partial charge in [-0.05, 0) is 45.4 Å². The van der Waals surface area contributed by atoms with Crippen LogP contribution in [0.5, 0.6) is 0 Å². The molecule has 0 saturated carbocycles. The fourth-order valence-electron chi connectivity index (χ4n) is 4.94. The molecule has 1 aromatic carbocycles. The third-order valence-corrected chi connectivity index (χ3v) is 11.3.